The third kappa shape index (κ3) is 10.2. The Kier molecular flexibility index (Phi) is 12.4. The largest absolute Gasteiger partial charge is 0.490 e. The number of anilines is 1. The molecule has 0 radical (unpaired) electrons. The van der Waals surface area contributed by atoms with Crippen LogP contribution in [0.3, 0.4) is 0 Å². The number of likely N-dealkylation sites (N-methyl/N-ethyl adjacent to an activating group) is 1. The van der Waals surface area contributed by atoms with Crippen molar-refractivity contribution in [2.45, 2.75) is 77.3 Å². The molecule has 0 fully saturated rings. The van der Waals surface area contributed by atoms with Crippen LogP contribution in [-0.4, -0.2) is 98.6 Å². The zero-order valence-electron chi connectivity index (χ0n) is 24.0. The summed E-state index contributed by atoms with van der Waals surface area (Å²) in [6, 6.07) is 4.94. The summed E-state index contributed by atoms with van der Waals surface area (Å²) in [4.78, 5) is 31.1. The number of carbonyl (C=O) groups excluding carboxylic acids is 2. The van der Waals surface area contributed by atoms with Crippen LogP contribution in [0.2, 0.25) is 0 Å². The smallest absolute Gasteiger partial charge is 0.389 e. The highest BCUT2D eigenvalue weighted by atomic mass is 19.4. The Balaban J connectivity index is 2.38. The van der Waals surface area contributed by atoms with Crippen LogP contribution in [0.5, 0.6) is 5.75 Å². The predicted octanol–water partition coefficient (Wildman–Crippen LogP) is 4.35. The van der Waals surface area contributed by atoms with E-state index in [1.165, 1.54) is 11.9 Å². The molecule has 0 unspecified atom stereocenters. The maximum absolute atomic E-state index is 14.0. The minimum absolute atomic E-state index is 0.0915. The first kappa shape index (κ1) is 32.7. The summed E-state index contributed by atoms with van der Waals surface area (Å²) in [7, 11) is 5.23. The van der Waals surface area contributed by atoms with Gasteiger partial charge in [0.05, 0.1) is 36.8 Å². The summed E-state index contributed by atoms with van der Waals surface area (Å²) >= 11 is 0. The molecule has 2 rings (SSSR count). The van der Waals surface area contributed by atoms with E-state index in [9.17, 15) is 27.9 Å². The Morgan fingerprint density at radius 1 is 1.21 bits per heavy atom. The van der Waals surface area contributed by atoms with E-state index >= 15 is 0 Å². The van der Waals surface area contributed by atoms with E-state index in [-0.39, 0.29) is 37.6 Å². The molecule has 39 heavy (non-hydrogen) atoms. The van der Waals surface area contributed by atoms with Crippen LogP contribution in [0.25, 0.3) is 0 Å². The van der Waals surface area contributed by atoms with Crippen LogP contribution >= 0.6 is 0 Å². The molecule has 1 N–H and O–H groups in total. The standard InChI is InChI=1S/C28H44F3N3O5/c1-19-16-34(20(2)18-35)27(37)23-15-22(32(4)5)10-11-24(23)39-21(3)9-7-8-14-38-25(19)17-33(6)26(36)12-13-28(29,30)31/h10-11,15,19-21,25,35H,7-9,12-14,16-18H2,1-6H3/t19-,20-,21+,25+/m0/s1. The summed E-state index contributed by atoms with van der Waals surface area (Å²) in [5.74, 6) is -0.736. The van der Waals surface area contributed by atoms with Crippen molar-refractivity contribution in [1.29, 1.82) is 0 Å². The fourth-order valence-electron chi connectivity index (χ4n) is 4.46. The van der Waals surface area contributed by atoms with Crippen molar-refractivity contribution in [1.82, 2.24) is 9.80 Å². The number of nitrogens with zero attached hydrogens (tertiary/aromatic N) is 3. The van der Waals surface area contributed by atoms with Gasteiger partial charge in [-0.2, -0.15) is 13.2 Å². The van der Waals surface area contributed by atoms with Crippen molar-refractivity contribution in [2.75, 3.05) is 52.3 Å². The Morgan fingerprint density at radius 2 is 1.90 bits per heavy atom. The number of hydrogen-bond acceptors (Lipinski definition) is 6. The Hall–Kier alpha value is -2.53. The summed E-state index contributed by atoms with van der Waals surface area (Å²) < 4.78 is 50.3. The molecule has 1 aliphatic heterocycles. The van der Waals surface area contributed by atoms with E-state index in [2.05, 4.69) is 0 Å². The van der Waals surface area contributed by atoms with Crippen molar-refractivity contribution in [3.63, 3.8) is 0 Å². The number of carbonyl (C=O) groups is 2. The first-order chi connectivity index (χ1) is 18.2. The van der Waals surface area contributed by atoms with Gasteiger partial charge in [-0.15, -0.1) is 0 Å². The number of alkyl halides is 3. The molecule has 0 aromatic heterocycles. The molecule has 8 nitrogen and oxygen atoms in total. The highest BCUT2D eigenvalue weighted by molar-refractivity contribution is 5.98. The topological polar surface area (TPSA) is 82.6 Å². The van der Waals surface area contributed by atoms with Crippen LogP contribution in [0.15, 0.2) is 18.2 Å². The lowest BCUT2D eigenvalue weighted by molar-refractivity contribution is -0.149. The number of aliphatic hydroxyl groups excluding tert-OH is 1. The Bertz CT molecular complexity index is 944. The first-order valence-corrected chi connectivity index (χ1v) is 13.6. The third-order valence-corrected chi connectivity index (χ3v) is 7.05. The summed E-state index contributed by atoms with van der Waals surface area (Å²) in [6.07, 6.45) is -4.59. The summed E-state index contributed by atoms with van der Waals surface area (Å²) in [6.45, 7) is 6.00. The fraction of sp³-hybridized carbons (Fsp3) is 0.714. The quantitative estimate of drug-likeness (QED) is 0.535. The summed E-state index contributed by atoms with van der Waals surface area (Å²) in [5.41, 5.74) is 1.21. The molecule has 1 aliphatic rings. The lowest BCUT2D eigenvalue weighted by atomic mass is 10.0. The van der Waals surface area contributed by atoms with Gasteiger partial charge in [0.25, 0.3) is 5.91 Å². The number of halogens is 3. The number of rotatable bonds is 7. The van der Waals surface area contributed by atoms with Crippen LogP contribution in [0.4, 0.5) is 18.9 Å². The van der Waals surface area contributed by atoms with Gasteiger partial charge in [0.2, 0.25) is 5.91 Å². The van der Waals surface area contributed by atoms with Gasteiger partial charge in [0.1, 0.15) is 5.75 Å². The Morgan fingerprint density at radius 3 is 2.51 bits per heavy atom. The number of hydrogen-bond donors (Lipinski definition) is 1. The second kappa shape index (κ2) is 14.7. The number of aliphatic hydroxyl groups is 1. The van der Waals surface area contributed by atoms with Crippen molar-refractivity contribution in [2.24, 2.45) is 5.92 Å². The van der Waals surface area contributed by atoms with E-state index < -0.39 is 37.1 Å². The van der Waals surface area contributed by atoms with Gasteiger partial charge >= 0.3 is 6.18 Å². The van der Waals surface area contributed by atoms with Crippen molar-refractivity contribution in [3.05, 3.63) is 23.8 Å². The van der Waals surface area contributed by atoms with E-state index in [0.717, 1.165) is 24.9 Å². The molecule has 1 aromatic rings. The average Bonchev–Trinajstić information content (AvgIpc) is 2.87. The number of fused-ring (bicyclic) bond motifs is 1. The monoisotopic (exact) mass is 559 g/mol. The van der Waals surface area contributed by atoms with Gasteiger partial charge in [-0.1, -0.05) is 6.92 Å². The molecule has 0 spiro atoms. The van der Waals surface area contributed by atoms with Crippen LogP contribution in [0.1, 0.15) is 63.2 Å². The van der Waals surface area contributed by atoms with Crippen molar-refractivity contribution in [3.8, 4) is 5.75 Å². The Labute approximate surface area is 230 Å². The lowest BCUT2D eigenvalue weighted by Gasteiger charge is -2.36. The van der Waals surface area contributed by atoms with Gasteiger partial charge in [0.15, 0.2) is 0 Å². The zero-order chi connectivity index (χ0) is 29.3. The summed E-state index contributed by atoms with van der Waals surface area (Å²) in [5, 5.41) is 9.99. The third-order valence-electron chi connectivity index (χ3n) is 7.05. The number of benzene rings is 1. The molecule has 0 bridgehead atoms. The molecule has 222 valence electrons. The molecular weight excluding hydrogens is 515 g/mol. The normalized spacial score (nSPS) is 22.4. The van der Waals surface area contributed by atoms with E-state index in [1.807, 2.05) is 38.9 Å². The lowest BCUT2D eigenvalue weighted by Crippen LogP contribution is -2.48. The van der Waals surface area contributed by atoms with Crippen molar-refractivity contribution < 1.29 is 37.3 Å². The molecule has 1 aromatic carbocycles. The van der Waals surface area contributed by atoms with Gasteiger partial charge in [-0.3, -0.25) is 9.59 Å². The number of ether oxygens (including phenoxy) is 2. The second-order valence-electron chi connectivity index (χ2n) is 10.8. The second-order valence-corrected chi connectivity index (χ2v) is 10.8. The maximum atomic E-state index is 14.0. The molecule has 0 saturated heterocycles. The van der Waals surface area contributed by atoms with Crippen LogP contribution in [-0.2, 0) is 9.53 Å². The highest BCUT2D eigenvalue weighted by Gasteiger charge is 2.32. The maximum Gasteiger partial charge on any atom is 0.389 e. The minimum atomic E-state index is -4.41. The van der Waals surface area contributed by atoms with Gasteiger partial charge in [-0.25, -0.2) is 0 Å². The fourth-order valence-corrected chi connectivity index (χ4v) is 4.46. The molecule has 11 heteroatoms. The highest BCUT2D eigenvalue weighted by Crippen LogP contribution is 2.29. The number of amides is 2. The van der Waals surface area contributed by atoms with E-state index in [4.69, 9.17) is 9.47 Å². The molecule has 0 aliphatic carbocycles. The molecule has 0 saturated carbocycles. The molecular formula is C28H44F3N3O5. The van der Waals surface area contributed by atoms with Gasteiger partial charge in [-0.05, 0) is 51.3 Å². The minimum Gasteiger partial charge on any atom is -0.490 e. The van der Waals surface area contributed by atoms with Crippen molar-refractivity contribution >= 4 is 17.5 Å². The van der Waals surface area contributed by atoms with Gasteiger partial charge < -0.3 is 29.3 Å². The van der Waals surface area contributed by atoms with E-state index in [1.54, 1.807) is 24.0 Å². The zero-order valence-corrected chi connectivity index (χ0v) is 24.0. The first-order valence-electron chi connectivity index (χ1n) is 13.6. The average molecular weight is 560 g/mol. The van der Waals surface area contributed by atoms with Gasteiger partial charge in [0, 0.05) is 58.9 Å². The van der Waals surface area contributed by atoms with E-state index in [0.29, 0.717) is 17.9 Å². The SMILES string of the molecule is C[C@@H]1CCCCO[C@H](CN(C)C(=O)CCC(F)(F)F)[C@@H](C)CN([C@@H](C)CO)C(=O)c2cc(N(C)C)ccc2O1. The molecule has 4 atom stereocenters. The van der Waals surface area contributed by atoms with Crippen LogP contribution in [0, 0.1) is 5.92 Å². The molecule has 1 heterocycles. The molecule has 2 amide bonds. The predicted molar refractivity (Wildman–Crippen MR) is 144 cm³/mol. The van der Waals surface area contributed by atoms with Crippen LogP contribution < -0.4 is 9.64 Å².